The maximum atomic E-state index is 12.2. The van der Waals surface area contributed by atoms with Gasteiger partial charge in [-0.05, 0) is 36.2 Å². The van der Waals surface area contributed by atoms with E-state index in [4.69, 9.17) is 4.74 Å². The van der Waals surface area contributed by atoms with Gasteiger partial charge < -0.3 is 10.1 Å². The number of carbonyl (C=O) groups is 1. The Morgan fingerprint density at radius 2 is 1.95 bits per heavy atom. The molecule has 0 unspecified atom stereocenters. The molecule has 0 saturated carbocycles. The highest BCUT2D eigenvalue weighted by Crippen LogP contribution is 2.27. The first-order valence-electron chi connectivity index (χ1n) is 6.95. The van der Waals surface area contributed by atoms with Crippen molar-refractivity contribution in [3.05, 3.63) is 59.2 Å². The Labute approximate surface area is 124 Å². The number of aryl methyl sites for hydroxylation is 1. The van der Waals surface area contributed by atoms with E-state index in [0.29, 0.717) is 13.1 Å². The smallest absolute Gasteiger partial charge is 0.322 e. The van der Waals surface area contributed by atoms with Crippen LogP contribution in [0.3, 0.4) is 0 Å². The fourth-order valence-electron chi connectivity index (χ4n) is 2.57. The summed E-state index contributed by atoms with van der Waals surface area (Å²) >= 11 is 0. The molecule has 4 heteroatoms. The topological polar surface area (TPSA) is 41.6 Å². The van der Waals surface area contributed by atoms with Gasteiger partial charge in [0.05, 0.1) is 19.3 Å². The third-order valence-corrected chi connectivity index (χ3v) is 3.70. The second-order valence-corrected chi connectivity index (χ2v) is 5.23. The summed E-state index contributed by atoms with van der Waals surface area (Å²) in [5.41, 5.74) is 4.41. The number of carbonyl (C=O) groups excluding carboxylic acids is 1. The monoisotopic (exact) mass is 282 g/mol. The Balaban J connectivity index is 1.89. The first-order valence-corrected chi connectivity index (χ1v) is 6.95. The molecule has 0 bridgehead atoms. The summed E-state index contributed by atoms with van der Waals surface area (Å²) < 4.78 is 5.16. The second-order valence-electron chi connectivity index (χ2n) is 5.23. The molecule has 2 aromatic rings. The summed E-state index contributed by atoms with van der Waals surface area (Å²) in [6.07, 6.45) is 0. The first kappa shape index (κ1) is 13.5. The molecule has 2 aromatic carbocycles. The lowest BCUT2D eigenvalue weighted by Crippen LogP contribution is -2.43. The molecular formula is C17H18N2O2. The van der Waals surface area contributed by atoms with Crippen molar-refractivity contribution in [1.29, 1.82) is 0 Å². The number of fused-ring (bicyclic) bond motifs is 1. The van der Waals surface area contributed by atoms with E-state index in [2.05, 4.69) is 18.3 Å². The van der Waals surface area contributed by atoms with Crippen molar-refractivity contribution in [2.45, 2.75) is 20.0 Å². The molecule has 4 nitrogen and oxygen atoms in total. The van der Waals surface area contributed by atoms with Gasteiger partial charge in [0.15, 0.2) is 0 Å². The summed E-state index contributed by atoms with van der Waals surface area (Å²) in [6, 6.07) is 13.9. The quantitative estimate of drug-likeness (QED) is 0.939. The molecule has 21 heavy (non-hydrogen) atoms. The Hall–Kier alpha value is -2.49. The molecule has 1 aliphatic rings. The predicted octanol–water partition coefficient (Wildman–Crippen LogP) is 3.23. The van der Waals surface area contributed by atoms with Crippen molar-refractivity contribution in [1.82, 2.24) is 5.32 Å². The molecule has 3 rings (SSSR count). The molecular weight excluding hydrogens is 264 g/mol. The highest BCUT2D eigenvalue weighted by atomic mass is 16.5. The molecule has 0 saturated heterocycles. The summed E-state index contributed by atoms with van der Waals surface area (Å²) in [5, 5.41) is 2.92. The molecule has 0 fully saturated rings. The number of ether oxygens (including phenoxy) is 1. The van der Waals surface area contributed by atoms with E-state index in [1.807, 2.05) is 36.4 Å². The van der Waals surface area contributed by atoms with Crippen LogP contribution in [-0.2, 0) is 13.1 Å². The number of urea groups is 1. The molecule has 2 amide bonds. The Bertz CT molecular complexity index is 665. The highest BCUT2D eigenvalue weighted by Gasteiger charge is 2.23. The van der Waals surface area contributed by atoms with Gasteiger partial charge in [0.25, 0.3) is 0 Å². The molecule has 1 N–H and O–H groups in total. The van der Waals surface area contributed by atoms with Gasteiger partial charge in [-0.15, -0.1) is 0 Å². The van der Waals surface area contributed by atoms with Crippen molar-refractivity contribution in [2.24, 2.45) is 0 Å². The van der Waals surface area contributed by atoms with Crippen LogP contribution in [0.5, 0.6) is 5.75 Å². The Morgan fingerprint density at radius 3 is 2.67 bits per heavy atom. The second kappa shape index (κ2) is 5.48. The number of hydrogen-bond donors (Lipinski definition) is 1. The van der Waals surface area contributed by atoms with Gasteiger partial charge in [-0.3, -0.25) is 4.90 Å². The van der Waals surface area contributed by atoms with E-state index >= 15 is 0 Å². The number of anilines is 1. The number of nitrogens with one attached hydrogen (secondary N) is 1. The number of benzene rings is 2. The molecule has 0 aromatic heterocycles. The zero-order valence-electron chi connectivity index (χ0n) is 12.2. The minimum absolute atomic E-state index is 0.0535. The van der Waals surface area contributed by atoms with E-state index in [1.165, 1.54) is 5.56 Å². The lowest BCUT2D eigenvalue weighted by atomic mass is 10.1. The fourth-order valence-corrected chi connectivity index (χ4v) is 2.57. The van der Waals surface area contributed by atoms with Crippen LogP contribution in [-0.4, -0.2) is 13.1 Å². The SMILES string of the molecule is COc1ccc(CN2C(=O)NCc3cc(C)ccc32)cc1. The average molecular weight is 282 g/mol. The van der Waals surface area contributed by atoms with Crippen molar-refractivity contribution in [3.63, 3.8) is 0 Å². The van der Waals surface area contributed by atoms with Crippen molar-refractivity contribution in [2.75, 3.05) is 12.0 Å². The van der Waals surface area contributed by atoms with Gasteiger partial charge in [-0.25, -0.2) is 4.79 Å². The standard InChI is InChI=1S/C17H18N2O2/c1-12-3-8-16-14(9-12)10-18-17(20)19(16)11-13-4-6-15(21-2)7-5-13/h3-9H,10-11H2,1-2H3,(H,18,20). The molecule has 0 radical (unpaired) electrons. The molecule has 0 spiro atoms. The van der Waals surface area contributed by atoms with E-state index in [-0.39, 0.29) is 6.03 Å². The van der Waals surface area contributed by atoms with Crippen LogP contribution in [0.25, 0.3) is 0 Å². The average Bonchev–Trinajstić information content (AvgIpc) is 2.51. The number of methoxy groups -OCH3 is 1. The number of rotatable bonds is 3. The van der Waals surface area contributed by atoms with E-state index in [9.17, 15) is 4.79 Å². The largest absolute Gasteiger partial charge is 0.497 e. The van der Waals surface area contributed by atoms with Crippen LogP contribution in [0, 0.1) is 6.92 Å². The minimum atomic E-state index is -0.0535. The van der Waals surface area contributed by atoms with Gasteiger partial charge in [0.1, 0.15) is 5.75 Å². The number of amides is 2. The van der Waals surface area contributed by atoms with Crippen LogP contribution in [0.4, 0.5) is 10.5 Å². The zero-order valence-corrected chi connectivity index (χ0v) is 12.2. The lowest BCUT2D eigenvalue weighted by molar-refractivity contribution is 0.244. The third-order valence-electron chi connectivity index (χ3n) is 3.70. The predicted molar refractivity (Wildman–Crippen MR) is 82.6 cm³/mol. The van der Waals surface area contributed by atoms with E-state index < -0.39 is 0 Å². The number of hydrogen-bond acceptors (Lipinski definition) is 2. The lowest BCUT2D eigenvalue weighted by Gasteiger charge is -2.30. The number of nitrogens with zero attached hydrogens (tertiary/aromatic N) is 1. The minimum Gasteiger partial charge on any atom is -0.497 e. The molecule has 0 aliphatic carbocycles. The van der Waals surface area contributed by atoms with E-state index in [0.717, 1.165) is 22.6 Å². The Kier molecular flexibility index (Phi) is 3.52. The summed E-state index contributed by atoms with van der Waals surface area (Å²) in [4.78, 5) is 13.9. The van der Waals surface area contributed by atoms with Gasteiger partial charge >= 0.3 is 6.03 Å². The van der Waals surface area contributed by atoms with E-state index in [1.54, 1.807) is 12.0 Å². The maximum absolute atomic E-state index is 12.2. The van der Waals surface area contributed by atoms with Crippen LogP contribution >= 0.6 is 0 Å². The van der Waals surface area contributed by atoms with Gasteiger partial charge in [-0.2, -0.15) is 0 Å². The third kappa shape index (κ3) is 2.70. The van der Waals surface area contributed by atoms with Crippen molar-refractivity contribution < 1.29 is 9.53 Å². The van der Waals surface area contributed by atoms with Crippen molar-refractivity contribution >= 4 is 11.7 Å². The maximum Gasteiger partial charge on any atom is 0.322 e. The van der Waals surface area contributed by atoms with Crippen LogP contribution in [0.2, 0.25) is 0 Å². The van der Waals surface area contributed by atoms with Crippen molar-refractivity contribution in [3.8, 4) is 5.75 Å². The molecule has 0 atom stereocenters. The van der Waals surface area contributed by atoms with Crippen LogP contribution in [0.1, 0.15) is 16.7 Å². The molecule has 1 heterocycles. The fraction of sp³-hybridized carbons (Fsp3) is 0.235. The van der Waals surface area contributed by atoms with Gasteiger partial charge in [-0.1, -0.05) is 29.8 Å². The summed E-state index contributed by atoms with van der Waals surface area (Å²) in [6.45, 7) is 3.20. The molecule has 108 valence electrons. The highest BCUT2D eigenvalue weighted by molar-refractivity contribution is 5.94. The first-order chi connectivity index (χ1) is 10.2. The van der Waals surface area contributed by atoms with Crippen LogP contribution < -0.4 is 15.0 Å². The van der Waals surface area contributed by atoms with Gasteiger partial charge in [0, 0.05) is 6.54 Å². The normalized spacial score (nSPS) is 13.6. The zero-order chi connectivity index (χ0) is 14.8. The van der Waals surface area contributed by atoms with Gasteiger partial charge in [0.2, 0.25) is 0 Å². The summed E-state index contributed by atoms with van der Waals surface area (Å²) in [7, 11) is 1.64. The summed E-state index contributed by atoms with van der Waals surface area (Å²) in [5.74, 6) is 0.817. The Morgan fingerprint density at radius 1 is 1.19 bits per heavy atom. The molecule has 1 aliphatic heterocycles. The van der Waals surface area contributed by atoms with Crippen LogP contribution in [0.15, 0.2) is 42.5 Å².